The normalized spacial score (nSPS) is 32.5. The van der Waals surface area contributed by atoms with Gasteiger partial charge in [0.2, 0.25) is 0 Å². The van der Waals surface area contributed by atoms with Crippen molar-refractivity contribution < 1.29 is 113 Å². The summed E-state index contributed by atoms with van der Waals surface area (Å²) >= 11 is 0. The van der Waals surface area contributed by atoms with Crippen LogP contribution in [-0.2, 0) is 51.6 Å². The summed E-state index contributed by atoms with van der Waals surface area (Å²) in [6.07, 6.45) is -8.85. The molecular formula is C51H95O23P. The molecule has 3 rings (SSSR count). The van der Waals surface area contributed by atoms with Crippen molar-refractivity contribution in [1.82, 2.24) is 0 Å². The molecule has 12 N–H and O–H groups in total. The van der Waals surface area contributed by atoms with E-state index in [9.17, 15) is 75.2 Å². The highest BCUT2D eigenvalue weighted by atomic mass is 31.2. The van der Waals surface area contributed by atoms with Crippen molar-refractivity contribution >= 4 is 19.8 Å². The lowest BCUT2D eigenvalue weighted by Crippen LogP contribution is -2.69. The Morgan fingerprint density at radius 2 is 0.800 bits per heavy atom. The fourth-order valence-corrected chi connectivity index (χ4v) is 10.4. The molecule has 3 fully saturated rings. The third kappa shape index (κ3) is 24.0. The van der Waals surface area contributed by atoms with Crippen molar-refractivity contribution in [1.29, 1.82) is 0 Å². The lowest BCUT2D eigenvalue weighted by Gasteiger charge is -2.49. The zero-order valence-corrected chi connectivity index (χ0v) is 45.2. The fraction of sp³-hybridized carbons (Fsp3) is 0.961. The molecule has 3 aliphatic rings. The van der Waals surface area contributed by atoms with Gasteiger partial charge in [-0.3, -0.25) is 18.6 Å². The van der Waals surface area contributed by atoms with Gasteiger partial charge in [0.1, 0.15) is 92.1 Å². The first-order chi connectivity index (χ1) is 35.9. The van der Waals surface area contributed by atoms with Crippen LogP contribution in [0.4, 0.5) is 0 Å². The first kappa shape index (κ1) is 67.7. The second kappa shape index (κ2) is 37.4. The average molecular weight is 1110 g/mol. The van der Waals surface area contributed by atoms with Gasteiger partial charge in [-0.25, -0.2) is 4.57 Å². The van der Waals surface area contributed by atoms with E-state index in [0.29, 0.717) is 12.8 Å². The summed E-state index contributed by atoms with van der Waals surface area (Å²) in [5.41, 5.74) is 0. The number of ether oxygens (including phenoxy) is 6. The molecule has 0 aromatic rings. The number of aliphatic hydroxyl groups excluding tert-OH is 11. The molecule has 2 heterocycles. The van der Waals surface area contributed by atoms with Gasteiger partial charge in [0.05, 0.1) is 19.8 Å². The Hall–Kier alpha value is -1.55. The van der Waals surface area contributed by atoms with Crippen molar-refractivity contribution in [3.05, 3.63) is 0 Å². The van der Waals surface area contributed by atoms with E-state index in [2.05, 4.69) is 13.8 Å². The smallest absolute Gasteiger partial charge is 0.462 e. The van der Waals surface area contributed by atoms with Gasteiger partial charge in [0.15, 0.2) is 18.7 Å². The van der Waals surface area contributed by atoms with E-state index in [1.165, 1.54) is 83.5 Å². The largest absolute Gasteiger partial charge is 0.472 e. The van der Waals surface area contributed by atoms with E-state index in [0.717, 1.165) is 57.8 Å². The summed E-state index contributed by atoms with van der Waals surface area (Å²) in [6, 6.07) is 0. The van der Waals surface area contributed by atoms with Crippen molar-refractivity contribution in [2.75, 3.05) is 26.4 Å². The number of hydrogen-bond donors (Lipinski definition) is 12. The molecule has 2 saturated heterocycles. The SMILES string of the molecule is CCCCCCCCCCCCCCCC(=O)OC[C@H](COP(=O)(O)OC1C(O[C@@H]2OC(CO)[C@H](O)C(O)[C@@H]2O)C(O)C(O)C(O)[C@H]1O[C@H]1OC(CO)[C@@H](O)C(O)[C@H]1O)OC(=O)CCCCCCCCCCCCC. The van der Waals surface area contributed by atoms with Gasteiger partial charge < -0.3 is 89.5 Å². The first-order valence-electron chi connectivity index (χ1n) is 27.9. The Morgan fingerprint density at radius 1 is 0.453 bits per heavy atom. The van der Waals surface area contributed by atoms with Gasteiger partial charge in [-0.2, -0.15) is 0 Å². The Balaban J connectivity index is 1.74. The number of carbonyl (C=O) groups is 2. The molecule has 2 aliphatic heterocycles. The summed E-state index contributed by atoms with van der Waals surface area (Å²) in [6.45, 7) is 0.982. The Kier molecular flexibility index (Phi) is 33.8. The monoisotopic (exact) mass is 1110 g/mol. The number of hydrogen-bond acceptors (Lipinski definition) is 22. The van der Waals surface area contributed by atoms with Gasteiger partial charge >= 0.3 is 19.8 Å². The summed E-state index contributed by atoms with van der Waals surface area (Å²) in [5, 5.41) is 116. The molecule has 75 heavy (non-hydrogen) atoms. The maximum Gasteiger partial charge on any atom is 0.472 e. The van der Waals surface area contributed by atoms with E-state index < -0.39 is 150 Å². The van der Waals surface area contributed by atoms with Crippen LogP contribution in [0.3, 0.4) is 0 Å². The fourth-order valence-electron chi connectivity index (χ4n) is 9.47. The van der Waals surface area contributed by atoms with E-state index in [-0.39, 0.29) is 12.8 Å². The van der Waals surface area contributed by atoms with Crippen molar-refractivity contribution in [3.8, 4) is 0 Å². The lowest BCUT2D eigenvalue weighted by molar-refractivity contribution is -0.360. The topological polar surface area (TPSA) is 368 Å². The third-order valence-electron chi connectivity index (χ3n) is 14.2. The van der Waals surface area contributed by atoms with Crippen LogP contribution in [0, 0.1) is 0 Å². The van der Waals surface area contributed by atoms with E-state index >= 15 is 0 Å². The second-order valence-corrected chi connectivity index (χ2v) is 21.9. The van der Waals surface area contributed by atoms with Crippen molar-refractivity contribution in [3.63, 3.8) is 0 Å². The minimum Gasteiger partial charge on any atom is -0.462 e. The number of carbonyl (C=O) groups excluding carboxylic acids is 2. The van der Waals surface area contributed by atoms with E-state index in [1.54, 1.807) is 0 Å². The molecule has 24 heteroatoms. The predicted molar refractivity (Wildman–Crippen MR) is 268 cm³/mol. The molecule has 18 atom stereocenters. The number of phosphoric acid groups is 1. The highest BCUT2D eigenvalue weighted by Crippen LogP contribution is 2.49. The zero-order chi connectivity index (χ0) is 55.3. The molecule has 0 radical (unpaired) electrons. The summed E-state index contributed by atoms with van der Waals surface area (Å²) in [4.78, 5) is 37.3. The second-order valence-electron chi connectivity index (χ2n) is 20.5. The molecule has 0 aromatic heterocycles. The number of phosphoric ester groups is 1. The van der Waals surface area contributed by atoms with Gasteiger partial charge in [-0.15, -0.1) is 0 Å². The summed E-state index contributed by atoms with van der Waals surface area (Å²) < 4.78 is 58.0. The first-order valence-corrected chi connectivity index (χ1v) is 29.4. The minimum absolute atomic E-state index is 0.0260. The zero-order valence-electron chi connectivity index (χ0n) is 44.3. The maximum atomic E-state index is 14.0. The van der Waals surface area contributed by atoms with Gasteiger partial charge in [-0.1, -0.05) is 155 Å². The maximum absolute atomic E-state index is 14.0. The van der Waals surface area contributed by atoms with Crippen molar-refractivity contribution in [2.45, 2.75) is 285 Å². The molecule has 442 valence electrons. The highest BCUT2D eigenvalue weighted by molar-refractivity contribution is 7.47. The van der Waals surface area contributed by atoms with Crippen LogP contribution in [0.25, 0.3) is 0 Å². The van der Waals surface area contributed by atoms with Crippen LogP contribution in [0.2, 0.25) is 0 Å². The minimum atomic E-state index is -5.62. The van der Waals surface area contributed by atoms with E-state index in [4.69, 9.17) is 37.5 Å². The molecule has 1 saturated carbocycles. The molecule has 0 bridgehead atoms. The number of unbranched alkanes of at least 4 members (excludes halogenated alkanes) is 22. The predicted octanol–water partition coefficient (Wildman–Crippen LogP) is 2.59. The quantitative estimate of drug-likeness (QED) is 0.0238. The number of esters is 2. The van der Waals surface area contributed by atoms with Crippen LogP contribution in [-0.4, -0.2) is 204 Å². The Morgan fingerprint density at radius 3 is 1.17 bits per heavy atom. The van der Waals surface area contributed by atoms with Crippen molar-refractivity contribution in [2.24, 2.45) is 0 Å². The average Bonchev–Trinajstić information content (AvgIpc) is 3.39. The van der Waals surface area contributed by atoms with E-state index in [1.807, 2.05) is 0 Å². The van der Waals surface area contributed by atoms with Crippen LogP contribution in [0.15, 0.2) is 0 Å². The van der Waals surface area contributed by atoms with Crippen LogP contribution >= 0.6 is 7.82 Å². The Labute approximate surface area is 442 Å². The Bertz CT molecular complexity index is 1510. The van der Waals surface area contributed by atoms with Gasteiger partial charge in [0, 0.05) is 12.8 Å². The van der Waals surface area contributed by atoms with Crippen LogP contribution in [0.1, 0.15) is 181 Å². The summed E-state index contributed by atoms with van der Waals surface area (Å²) in [7, 11) is -5.62. The molecule has 0 amide bonds. The molecule has 23 nitrogen and oxygen atoms in total. The molecule has 10 unspecified atom stereocenters. The summed E-state index contributed by atoms with van der Waals surface area (Å²) in [5.74, 6) is -1.33. The third-order valence-corrected chi connectivity index (χ3v) is 15.2. The van der Waals surface area contributed by atoms with Crippen LogP contribution < -0.4 is 0 Å². The van der Waals surface area contributed by atoms with Crippen LogP contribution in [0.5, 0.6) is 0 Å². The molecule has 0 aromatic carbocycles. The highest BCUT2D eigenvalue weighted by Gasteiger charge is 2.58. The molecule has 1 aliphatic carbocycles. The number of rotatable bonds is 40. The molecular weight excluding hydrogens is 1010 g/mol. The standard InChI is InChI=1S/C51H95O23P/c1-3-5-7-9-11-13-15-16-18-19-21-23-25-27-36(54)67-31-33(69-37(55)28-26-24-22-20-17-14-12-10-8-6-4-2)32-68-75(65,66)74-49-47(72-50-45(63)40(58)38(56)34(29-52)70-50)43(61)42(60)44(62)48(49)73-51-46(64)41(59)39(57)35(30-53)71-51/h33-35,38-53,56-64H,3-32H2,1-2H3,(H,65,66)/t33-,34?,35?,38-,39+,40?,41?,42?,43?,44?,45-,46+,47-,48?,49?,50-,51+/m1/s1. The van der Waals surface area contributed by atoms with Gasteiger partial charge in [0.25, 0.3) is 0 Å². The lowest BCUT2D eigenvalue weighted by atomic mass is 9.84. The van der Waals surface area contributed by atoms with Gasteiger partial charge in [-0.05, 0) is 12.8 Å². The number of aliphatic hydroxyl groups is 11. The molecule has 0 spiro atoms.